The number of aldehydes is 1. The van der Waals surface area contributed by atoms with Crippen molar-refractivity contribution in [2.75, 3.05) is 157 Å². The van der Waals surface area contributed by atoms with Crippen molar-refractivity contribution in [3.8, 4) is 0 Å². The quantitative estimate of drug-likeness (QED) is 0.0536. The fraction of sp³-hybridized carbons (Fsp3) is 0.538. The first-order chi connectivity index (χ1) is 39.4. The lowest BCUT2D eigenvalue weighted by atomic mass is 10.0. The second kappa shape index (κ2) is 46.2. The Morgan fingerprint density at radius 3 is 0.916 bits per heavy atom. The Balaban J connectivity index is 0. The maximum atomic E-state index is 12.0. The highest BCUT2D eigenvalue weighted by Crippen LogP contribution is 2.24. The number of nitrogens with zero attached hydrogens (tertiary/aromatic N) is 8. The van der Waals surface area contributed by atoms with Crippen LogP contribution in [-0.2, 0) is 76.7 Å². The van der Waals surface area contributed by atoms with Crippen LogP contribution in [0.2, 0.25) is 0 Å². The Kier molecular flexibility index (Phi) is 42.7. The van der Waals surface area contributed by atoms with Crippen molar-refractivity contribution in [3.05, 3.63) is 59.7 Å². The number of carboxylic acid groups (broad SMARTS) is 4. The lowest BCUT2D eigenvalue weighted by Crippen LogP contribution is -2.42. The van der Waals surface area contributed by atoms with Crippen molar-refractivity contribution in [3.63, 3.8) is 0 Å². The summed E-state index contributed by atoms with van der Waals surface area (Å²) in [5.41, 5.74) is 8.49. The average molecular weight is 1170 g/mol. The van der Waals surface area contributed by atoms with Crippen molar-refractivity contribution in [1.29, 1.82) is 0 Å². The summed E-state index contributed by atoms with van der Waals surface area (Å²) in [5, 5.41) is 42.6. The molecule has 2 aromatic rings. The lowest BCUT2D eigenvalue weighted by molar-refractivity contribution is -0.193. The molecule has 0 saturated carbocycles. The van der Waals surface area contributed by atoms with Crippen molar-refractivity contribution < 1.29 is 97.1 Å². The molecule has 2 fully saturated rings. The van der Waals surface area contributed by atoms with E-state index < -0.39 is 29.8 Å². The number of carboxylic acids is 4. The molecular formula is C52H75N11O20. The van der Waals surface area contributed by atoms with Gasteiger partial charge in [-0.1, -0.05) is 24.3 Å². The van der Waals surface area contributed by atoms with Crippen LogP contribution in [0.3, 0.4) is 0 Å². The number of primary amides is 1. The predicted molar refractivity (Wildman–Crippen MR) is 286 cm³/mol. The Morgan fingerprint density at radius 2 is 0.699 bits per heavy atom. The number of likely N-dealkylation sites (N-methyl/N-ethyl adjacent to an activating group) is 2. The second-order valence-corrected chi connectivity index (χ2v) is 18.6. The molecule has 4 rings (SSSR count). The molecule has 2 heterocycles. The molecule has 31 heteroatoms. The number of hydrogen-bond donors (Lipinski definition) is 7. The van der Waals surface area contributed by atoms with Crippen LogP contribution in [-0.4, -0.2) is 278 Å². The van der Waals surface area contributed by atoms with Crippen LogP contribution < -0.4 is 16.4 Å². The molecule has 0 aromatic heterocycles. The van der Waals surface area contributed by atoms with E-state index in [-0.39, 0.29) is 100 Å². The van der Waals surface area contributed by atoms with E-state index in [9.17, 15) is 58.8 Å². The van der Waals surface area contributed by atoms with Crippen LogP contribution in [0, 0.1) is 0 Å². The minimum Gasteiger partial charge on any atom is -0.480 e. The van der Waals surface area contributed by atoms with Crippen LogP contribution >= 0.6 is 0 Å². The van der Waals surface area contributed by atoms with Gasteiger partial charge in [-0.25, -0.2) is 0 Å². The highest BCUT2D eigenvalue weighted by molar-refractivity contribution is 5.93. The molecule has 2 unspecified atom stereocenters. The Bertz CT molecular complexity index is 2320. The van der Waals surface area contributed by atoms with E-state index in [1.54, 1.807) is 0 Å². The third-order valence-electron chi connectivity index (χ3n) is 12.2. The molecule has 458 valence electrons. The van der Waals surface area contributed by atoms with Gasteiger partial charge in [0.1, 0.15) is 6.29 Å². The van der Waals surface area contributed by atoms with E-state index in [4.69, 9.17) is 44.1 Å². The number of aliphatic carboxylic acids is 4. The van der Waals surface area contributed by atoms with E-state index in [1.165, 1.54) is 0 Å². The standard InChI is InChI=1S/C24H38N6O6.C24H37N5O6.4CO2/c1-27(2)20(18-3-5-19(6-4-18)26-22(32)8-7-21(25)31)15-28-9-11-29(16-23(33)34)13-14-30(12-10-28)17-24(35)36;1-26(2)21(19-5-7-20(8-6-19)25-22(31)4-3-15-30)16-27-9-11-28(17-23(32)33)13-14-29(12-10-27)18-24(34)35;4*2-1-3/h3-6,20H,7-17H2,1-2H3,(H2,25,31)(H,26,32)(H,33,34)(H,35,36);5-8,15,21H,3-4,9-14,16-18H2,1-2H3,(H,25,31)(H,32,33)(H,34,35);;;;. The molecule has 31 nitrogen and oxygen atoms in total. The maximum absolute atomic E-state index is 12.0. The van der Waals surface area contributed by atoms with E-state index in [2.05, 4.69) is 30.2 Å². The average Bonchev–Trinajstić information content (AvgIpc) is 3.61. The molecule has 2 aliphatic heterocycles. The predicted octanol–water partition coefficient (Wildman–Crippen LogP) is -2.46. The third-order valence-corrected chi connectivity index (χ3v) is 12.2. The minimum absolute atomic E-state index is 0.00373. The van der Waals surface area contributed by atoms with Crippen LogP contribution in [0.4, 0.5) is 11.4 Å². The first kappa shape index (κ1) is 76.7. The molecule has 83 heavy (non-hydrogen) atoms. The van der Waals surface area contributed by atoms with Gasteiger partial charge >= 0.3 is 48.5 Å². The number of rotatable bonds is 24. The van der Waals surface area contributed by atoms with Gasteiger partial charge in [-0.05, 0) is 63.6 Å². The van der Waals surface area contributed by atoms with E-state index >= 15 is 0 Å². The van der Waals surface area contributed by atoms with Crippen LogP contribution in [0.5, 0.6) is 0 Å². The molecule has 8 N–H and O–H groups in total. The van der Waals surface area contributed by atoms with Gasteiger partial charge in [-0.2, -0.15) is 38.4 Å². The number of carbonyl (C=O) groups excluding carboxylic acids is 12. The van der Waals surface area contributed by atoms with E-state index in [0.29, 0.717) is 103 Å². The van der Waals surface area contributed by atoms with Crippen LogP contribution in [0.25, 0.3) is 0 Å². The zero-order chi connectivity index (χ0) is 63.3. The Morgan fingerprint density at radius 1 is 0.458 bits per heavy atom. The van der Waals surface area contributed by atoms with Gasteiger partial charge in [0, 0.05) is 141 Å². The third kappa shape index (κ3) is 38.8. The number of hydrogen-bond acceptors (Lipinski definition) is 24. The van der Waals surface area contributed by atoms with Gasteiger partial charge in [0.15, 0.2) is 0 Å². The SMILES string of the molecule is CN(C)C(CN1CCN(CC(=O)O)CCN(CC(=O)O)CC1)c1ccc(NC(=O)CCC(N)=O)cc1.CN(C)C(CN1CCN(CC(=O)O)CCN(CC(=O)O)CC1)c1ccc(NC(=O)CCC=O)cc1.O=C=O.O=C=O.O=C=O.O=C=O. The zero-order valence-electron chi connectivity index (χ0n) is 46.9. The fourth-order valence-electron chi connectivity index (χ4n) is 8.20. The van der Waals surface area contributed by atoms with Gasteiger partial charge < -0.3 is 51.4 Å². The van der Waals surface area contributed by atoms with Crippen molar-refractivity contribution in [2.45, 2.75) is 37.8 Å². The Hall–Kier alpha value is -8.40. The molecule has 2 aliphatic rings. The van der Waals surface area contributed by atoms with Gasteiger partial charge in [-0.15, -0.1) is 0 Å². The monoisotopic (exact) mass is 1170 g/mol. The smallest absolute Gasteiger partial charge is 0.373 e. The summed E-state index contributed by atoms with van der Waals surface area (Å²) in [5.74, 6) is -4.61. The maximum Gasteiger partial charge on any atom is 0.373 e. The van der Waals surface area contributed by atoms with Crippen molar-refractivity contribution >= 4 is 83.9 Å². The van der Waals surface area contributed by atoms with Gasteiger partial charge in [0.2, 0.25) is 17.7 Å². The molecule has 0 spiro atoms. The number of amides is 3. The summed E-state index contributed by atoms with van der Waals surface area (Å²) < 4.78 is 0. The highest BCUT2D eigenvalue weighted by atomic mass is 16.4. The molecule has 2 saturated heterocycles. The van der Waals surface area contributed by atoms with Crippen LogP contribution in [0.1, 0.15) is 48.9 Å². The molecule has 0 aliphatic carbocycles. The summed E-state index contributed by atoms with van der Waals surface area (Å²) in [7, 11) is 7.94. The summed E-state index contributed by atoms with van der Waals surface area (Å²) in [6, 6.07) is 15.2. The molecule has 3 amide bonds. The molecule has 0 bridgehead atoms. The normalized spacial score (nSPS) is 15.1. The minimum atomic E-state index is -0.904. The lowest BCUT2D eigenvalue weighted by Gasteiger charge is -2.33. The first-order valence-electron chi connectivity index (χ1n) is 25.4. The number of carbonyl (C=O) groups is 8. The van der Waals surface area contributed by atoms with Gasteiger partial charge in [-0.3, -0.25) is 63.0 Å². The largest absolute Gasteiger partial charge is 0.480 e. The van der Waals surface area contributed by atoms with Crippen molar-refractivity contribution in [2.24, 2.45) is 5.73 Å². The molecule has 2 aromatic carbocycles. The molecule has 0 radical (unpaired) electrons. The number of benzene rings is 2. The summed E-state index contributed by atoms with van der Waals surface area (Å²) >= 11 is 0. The molecular weight excluding hydrogens is 1100 g/mol. The van der Waals surface area contributed by atoms with Crippen LogP contribution in [0.15, 0.2) is 48.5 Å². The highest BCUT2D eigenvalue weighted by Gasteiger charge is 2.25. The van der Waals surface area contributed by atoms with Gasteiger partial charge in [0.25, 0.3) is 0 Å². The van der Waals surface area contributed by atoms with E-state index in [0.717, 1.165) is 17.4 Å². The molecule has 2 atom stereocenters. The number of anilines is 2. The summed E-state index contributed by atoms with van der Waals surface area (Å²) in [6.45, 7) is 7.99. The second-order valence-electron chi connectivity index (χ2n) is 18.6. The Labute approximate surface area is 478 Å². The number of nitrogens with two attached hydrogens (primary N) is 1. The topological polar surface area (TPSA) is 430 Å². The number of nitrogens with one attached hydrogen (secondary N) is 2. The first-order valence-corrected chi connectivity index (χ1v) is 25.4. The summed E-state index contributed by atoms with van der Waals surface area (Å²) in [6.07, 6.45) is 2.09. The summed E-state index contributed by atoms with van der Waals surface area (Å²) in [4.78, 5) is 171. The van der Waals surface area contributed by atoms with Gasteiger partial charge in [0.05, 0.1) is 26.2 Å². The zero-order valence-corrected chi connectivity index (χ0v) is 46.9. The fourth-order valence-corrected chi connectivity index (χ4v) is 8.20. The van der Waals surface area contributed by atoms with Crippen molar-refractivity contribution in [1.82, 2.24) is 39.2 Å². The van der Waals surface area contributed by atoms with E-state index in [1.807, 2.05) is 96.3 Å².